The first-order chi connectivity index (χ1) is 14.9. The summed E-state index contributed by atoms with van der Waals surface area (Å²) in [6, 6.07) is 8.30. The van der Waals surface area contributed by atoms with Crippen molar-refractivity contribution in [3.05, 3.63) is 94.3 Å². The lowest BCUT2D eigenvalue weighted by Crippen LogP contribution is -2.02. The molecule has 2 heterocycles. The highest BCUT2D eigenvalue weighted by molar-refractivity contribution is 6.35. The van der Waals surface area contributed by atoms with Gasteiger partial charge in [-0.15, -0.1) is 5.10 Å². The molecule has 0 aliphatic carbocycles. The molecule has 4 rings (SSSR count). The second-order valence-corrected chi connectivity index (χ2v) is 7.39. The Hall–Kier alpha value is -3.23. The quantitative estimate of drug-likeness (QED) is 0.350. The van der Waals surface area contributed by atoms with Gasteiger partial charge >= 0.3 is 0 Å². The van der Waals surface area contributed by atoms with E-state index in [4.69, 9.17) is 27.9 Å². The Kier molecular flexibility index (Phi) is 6.01. The van der Waals surface area contributed by atoms with Crippen molar-refractivity contribution in [2.45, 2.75) is 13.5 Å². The van der Waals surface area contributed by atoms with Gasteiger partial charge in [0.15, 0.2) is 5.82 Å². The standard InChI is InChI=1S/C21H15Cl2F2N5O/c1-13(29-7-6-26-12-29)21(17-4-2-14(22)8-18(17)23)31-11-16-10-30(28-27-16)20-5-3-15(24)9-19(20)25/h2-10,12H,11H2,1H3/b21-13-. The summed E-state index contributed by atoms with van der Waals surface area (Å²) in [4.78, 5) is 4.06. The number of halogens is 4. The SMILES string of the molecule is C/C(=C(/OCc1cn(-c2ccc(F)cc2F)nn1)c1ccc(Cl)cc1Cl)n1ccnc1. The molecule has 0 unspecified atom stereocenters. The molecule has 158 valence electrons. The van der Waals surface area contributed by atoms with E-state index in [0.717, 1.165) is 17.8 Å². The first kappa shape index (κ1) is 21.0. The molecular weight excluding hydrogens is 447 g/mol. The maximum absolute atomic E-state index is 14.0. The van der Waals surface area contributed by atoms with Crippen LogP contribution in [-0.4, -0.2) is 24.5 Å². The van der Waals surface area contributed by atoms with Crippen molar-refractivity contribution in [3.8, 4) is 5.69 Å². The van der Waals surface area contributed by atoms with E-state index < -0.39 is 11.6 Å². The van der Waals surface area contributed by atoms with Crippen LogP contribution in [0.15, 0.2) is 61.3 Å². The summed E-state index contributed by atoms with van der Waals surface area (Å²) >= 11 is 12.4. The normalized spacial score (nSPS) is 12.0. The molecule has 0 saturated carbocycles. The monoisotopic (exact) mass is 461 g/mol. The van der Waals surface area contributed by atoms with E-state index in [9.17, 15) is 8.78 Å². The third-order valence-electron chi connectivity index (χ3n) is 4.46. The van der Waals surface area contributed by atoms with Gasteiger partial charge in [-0.25, -0.2) is 18.4 Å². The van der Waals surface area contributed by atoms with Gasteiger partial charge in [0.2, 0.25) is 0 Å². The van der Waals surface area contributed by atoms with Crippen molar-refractivity contribution < 1.29 is 13.5 Å². The van der Waals surface area contributed by atoms with Gasteiger partial charge in [-0.05, 0) is 37.3 Å². The predicted octanol–water partition coefficient (Wildman–Crippen LogP) is 5.61. The third kappa shape index (κ3) is 4.60. The van der Waals surface area contributed by atoms with Crippen LogP contribution >= 0.6 is 23.2 Å². The summed E-state index contributed by atoms with van der Waals surface area (Å²) < 4.78 is 36.2. The molecule has 2 aromatic heterocycles. The molecule has 0 bridgehead atoms. The minimum absolute atomic E-state index is 0.0309. The largest absolute Gasteiger partial charge is 0.485 e. The summed E-state index contributed by atoms with van der Waals surface area (Å²) in [6.07, 6.45) is 6.56. The lowest BCUT2D eigenvalue weighted by atomic mass is 10.1. The Labute approximate surface area is 186 Å². The molecule has 2 aromatic carbocycles. The number of aromatic nitrogens is 5. The van der Waals surface area contributed by atoms with E-state index in [1.807, 2.05) is 6.92 Å². The van der Waals surface area contributed by atoms with Gasteiger partial charge in [-0.3, -0.25) is 0 Å². The fourth-order valence-electron chi connectivity index (χ4n) is 2.92. The maximum Gasteiger partial charge on any atom is 0.151 e. The van der Waals surface area contributed by atoms with Gasteiger partial charge in [0.1, 0.15) is 29.6 Å². The summed E-state index contributed by atoms with van der Waals surface area (Å²) in [5, 5.41) is 8.83. The molecule has 0 N–H and O–H groups in total. The van der Waals surface area contributed by atoms with Gasteiger partial charge in [0.05, 0.1) is 23.2 Å². The molecule has 0 aliphatic rings. The molecule has 31 heavy (non-hydrogen) atoms. The molecule has 0 saturated heterocycles. The zero-order valence-electron chi connectivity index (χ0n) is 16.1. The minimum Gasteiger partial charge on any atom is -0.485 e. The molecule has 0 amide bonds. The second-order valence-electron chi connectivity index (χ2n) is 6.55. The number of ether oxygens (including phenoxy) is 1. The molecule has 6 nitrogen and oxygen atoms in total. The lowest BCUT2D eigenvalue weighted by Gasteiger charge is -2.15. The van der Waals surface area contributed by atoms with Gasteiger partial charge in [-0.1, -0.05) is 28.4 Å². The Morgan fingerprint density at radius 2 is 1.97 bits per heavy atom. The van der Waals surface area contributed by atoms with Crippen molar-refractivity contribution in [2.75, 3.05) is 0 Å². The average Bonchev–Trinajstić information content (AvgIpc) is 3.41. The zero-order valence-corrected chi connectivity index (χ0v) is 17.6. The minimum atomic E-state index is -0.748. The second kappa shape index (κ2) is 8.87. The van der Waals surface area contributed by atoms with Crippen molar-refractivity contribution >= 4 is 34.7 Å². The molecule has 0 aliphatic heterocycles. The number of benzene rings is 2. The summed E-state index contributed by atoms with van der Waals surface area (Å²) in [5.41, 5.74) is 1.88. The van der Waals surface area contributed by atoms with E-state index >= 15 is 0 Å². The zero-order chi connectivity index (χ0) is 22.0. The van der Waals surface area contributed by atoms with E-state index in [1.165, 1.54) is 16.9 Å². The van der Waals surface area contributed by atoms with Crippen LogP contribution in [0, 0.1) is 11.6 Å². The van der Waals surface area contributed by atoms with Gasteiger partial charge in [0, 0.05) is 29.0 Å². The Morgan fingerprint density at radius 3 is 2.68 bits per heavy atom. The molecule has 0 fully saturated rings. The van der Waals surface area contributed by atoms with E-state index in [0.29, 0.717) is 27.1 Å². The highest BCUT2D eigenvalue weighted by atomic mass is 35.5. The van der Waals surface area contributed by atoms with E-state index in [2.05, 4.69) is 15.3 Å². The fourth-order valence-corrected chi connectivity index (χ4v) is 3.42. The van der Waals surface area contributed by atoms with Crippen LogP contribution in [-0.2, 0) is 11.3 Å². The first-order valence-corrected chi connectivity index (χ1v) is 9.82. The number of imidazole rings is 1. The van der Waals surface area contributed by atoms with Gasteiger partial charge < -0.3 is 9.30 Å². The van der Waals surface area contributed by atoms with Crippen molar-refractivity contribution in [3.63, 3.8) is 0 Å². The Balaban J connectivity index is 1.63. The molecular formula is C21H15Cl2F2N5O. The van der Waals surface area contributed by atoms with Crippen LogP contribution in [0.2, 0.25) is 10.0 Å². The number of hydrogen-bond donors (Lipinski definition) is 0. The van der Waals surface area contributed by atoms with Crippen LogP contribution in [0.1, 0.15) is 18.2 Å². The molecule has 4 aromatic rings. The van der Waals surface area contributed by atoms with Crippen molar-refractivity contribution in [2.24, 2.45) is 0 Å². The Morgan fingerprint density at radius 1 is 1.13 bits per heavy atom. The molecule has 0 radical (unpaired) electrons. The number of hydrogen-bond acceptors (Lipinski definition) is 4. The number of allylic oxidation sites excluding steroid dienone is 1. The highest BCUT2D eigenvalue weighted by Gasteiger charge is 2.16. The smallest absolute Gasteiger partial charge is 0.151 e. The van der Waals surface area contributed by atoms with Gasteiger partial charge in [-0.2, -0.15) is 0 Å². The lowest BCUT2D eigenvalue weighted by molar-refractivity contribution is 0.260. The van der Waals surface area contributed by atoms with Crippen LogP contribution in [0.4, 0.5) is 8.78 Å². The van der Waals surface area contributed by atoms with Crippen molar-refractivity contribution in [1.82, 2.24) is 24.5 Å². The molecule has 0 spiro atoms. The third-order valence-corrected chi connectivity index (χ3v) is 5.01. The summed E-state index contributed by atoms with van der Waals surface area (Å²) in [5.74, 6) is -0.932. The number of rotatable bonds is 6. The first-order valence-electron chi connectivity index (χ1n) is 9.06. The Bertz CT molecular complexity index is 1250. The van der Waals surface area contributed by atoms with Crippen molar-refractivity contribution in [1.29, 1.82) is 0 Å². The fraction of sp³-hybridized carbons (Fsp3) is 0.0952. The van der Waals surface area contributed by atoms with Crippen LogP contribution in [0.25, 0.3) is 17.1 Å². The molecule has 0 atom stereocenters. The van der Waals surface area contributed by atoms with Gasteiger partial charge in [0.25, 0.3) is 0 Å². The average molecular weight is 462 g/mol. The van der Waals surface area contributed by atoms with Crippen LogP contribution in [0.3, 0.4) is 0 Å². The molecule has 10 heteroatoms. The van der Waals surface area contributed by atoms with E-state index in [-0.39, 0.29) is 12.3 Å². The topological polar surface area (TPSA) is 57.8 Å². The van der Waals surface area contributed by atoms with Crippen LogP contribution in [0.5, 0.6) is 0 Å². The maximum atomic E-state index is 14.0. The predicted molar refractivity (Wildman–Crippen MR) is 114 cm³/mol. The summed E-state index contributed by atoms with van der Waals surface area (Å²) in [7, 11) is 0. The highest BCUT2D eigenvalue weighted by Crippen LogP contribution is 2.32. The van der Waals surface area contributed by atoms with Crippen LogP contribution < -0.4 is 0 Å². The number of nitrogens with zero attached hydrogens (tertiary/aromatic N) is 5. The summed E-state index contributed by atoms with van der Waals surface area (Å²) in [6.45, 7) is 1.88. The van der Waals surface area contributed by atoms with E-state index in [1.54, 1.807) is 41.5 Å².